The molecule has 4 rings (SSSR count). The number of hydrogen-bond donors (Lipinski definition) is 0. The normalized spacial score (nSPS) is 11.2. The zero-order chi connectivity index (χ0) is 18.8. The van der Waals surface area contributed by atoms with E-state index >= 15 is 0 Å². The summed E-state index contributed by atoms with van der Waals surface area (Å²) in [4.78, 5) is 22.2. The van der Waals surface area contributed by atoms with Crippen LogP contribution in [0.25, 0.3) is 16.6 Å². The molecule has 4 aromatic rings. The number of para-hydroxylation sites is 1. The third kappa shape index (κ3) is 3.68. The molecule has 0 aliphatic rings. The summed E-state index contributed by atoms with van der Waals surface area (Å²) in [6, 6.07) is 15.0. The Morgan fingerprint density at radius 3 is 2.70 bits per heavy atom. The van der Waals surface area contributed by atoms with E-state index in [9.17, 15) is 4.79 Å². The van der Waals surface area contributed by atoms with Crippen LogP contribution in [0.2, 0.25) is 0 Å². The van der Waals surface area contributed by atoms with Gasteiger partial charge in [0, 0.05) is 10.9 Å². The molecule has 0 unspecified atom stereocenters. The second-order valence-corrected chi connectivity index (χ2v) is 7.64. The molecule has 8 heteroatoms. The maximum atomic E-state index is 13.2. The number of fused-ring (bicyclic) bond motifs is 1. The standard InChI is InChI=1S/C19H15BrN4O2S/c1-2-16-22-17(26-23-16)11-27-19-21-15-9-8-12(20)10-14(15)18(25)24(19)13-6-4-3-5-7-13/h3-10H,2,11H2,1H3. The van der Waals surface area contributed by atoms with Crippen LogP contribution in [0.1, 0.15) is 18.6 Å². The molecule has 0 radical (unpaired) electrons. The molecule has 0 atom stereocenters. The lowest BCUT2D eigenvalue weighted by Gasteiger charge is -2.12. The molecule has 0 spiro atoms. The molecule has 0 aliphatic carbocycles. The Bertz CT molecular complexity index is 1160. The van der Waals surface area contributed by atoms with Crippen LogP contribution in [-0.4, -0.2) is 19.7 Å². The van der Waals surface area contributed by atoms with Gasteiger partial charge in [0.1, 0.15) is 0 Å². The molecule has 0 amide bonds. The Hall–Kier alpha value is -2.45. The van der Waals surface area contributed by atoms with Gasteiger partial charge in [-0.05, 0) is 30.3 Å². The monoisotopic (exact) mass is 442 g/mol. The number of nitrogens with zero attached hydrogens (tertiary/aromatic N) is 4. The van der Waals surface area contributed by atoms with Gasteiger partial charge in [0.2, 0.25) is 5.89 Å². The second-order valence-electron chi connectivity index (χ2n) is 5.78. The number of halogens is 1. The largest absolute Gasteiger partial charge is 0.338 e. The van der Waals surface area contributed by atoms with Crippen LogP contribution in [0, 0.1) is 0 Å². The first kappa shape index (κ1) is 17.9. The Morgan fingerprint density at radius 2 is 1.96 bits per heavy atom. The van der Waals surface area contributed by atoms with E-state index in [0.717, 1.165) is 10.2 Å². The van der Waals surface area contributed by atoms with Gasteiger partial charge >= 0.3 is 0 Å². The quantitative estimate of drug-likeness (QED) is 0.337. The van der Waals surface area contributed by atoms with Crippen LogP contribution in [0.15, 0.2) is 67.5 Å². The van der Waals surface area contributed by atoms with Crippen molar-refractivity contribution in [3.63, 3.8) is 0 Å². The van der Waals surface area contributed by atoms with Gasteiger partial charge in [-0.3, -0.25) is 9.36 Å². The lowest BCUT2D eigenvalue weighted by molar-refractivity contribution is 0.385. The molecule has 0 saturated heterocycles. The van der Waals surface area contributed by atoms with Gasteiger partial charge in [-0.2, -0.15) is 4.98 Å². The van der Waals surface area contributed by atoms with Crippen molar-refractivity contribution < 1.29 is 4.52 Å². The molecular formula is C19H15BrN4O2S. The van der Waals surface area contributed by atoms with Gasteiger partial charge < -0.3 is 4.52 Å². The van der Waals surface area contributed by atoms with Crippen molar-refractivity contribution in [3.05, 3.63) is 75.1 Å². The van der Waals surface area contributed by atoms with E-state index < -0.39 is 0 Å². The first-order valence-electron chi connectivity index (χ1n) is 8.37. The Labute approximate surface area is 167 Å². The highest BCUT2D eigenvalue weighted by atomic mass is 79.9. The molecule has 6 nitrogen and oxygen atoms in total. The number of aryl methyl sites for hydroxylation is 1. The number of aromatic nitrogens is 4. The third-order valence-electron chi connectivity index (χ3n) is 3.96. The van der Waals surface area contributed by atoms with E-state index in [1.165, 1.54) is 11.8 Å². The van der Waals surface area contributed by atoms with E-state index in [4.69, 9.17) is 9.51 Å². The molecule has 2 aromatic carbocycles. The van der Waals surface area contributed by atoms with E-state index in [1.54, 1.807) is 10.6 Å². The minimum Gasteiger partial charge on any atom is -0.338 e. The highest BCUT2D eigenvalue weighted by Gasteiger charge is 2.15. The fourth-order valence-electron chi connectivity index (χ4n) is 2.66. The number of thioether (sulfide) groups is 1. The molecule has 0 N–H and O–H groups in total. The Balaban J connectivity index is 1.82. The van der Waals surface area contributed by atoms with Crippen molar-refractivity contribution in [2.75, 3.05) is 0 Å². The molecular weight excluding hydrogens is 428 g/mol. The SMILES string of the molecule is CCc1noc(CSc2nc3ccc(Br)cc3c(=O)n2-c2ccccc2)n1. The summed E-state index contributed by atoms with van der Waals surface area (Å²) in [6.45, 7) is 1.97. The van der Waals surface area contributed by atoms with Gasteiger partial charge in [-0.1, -0.05) is 58.0 Å². The van der Waals surface area contributed by atoms with Gasteiger partial charge in [-0.15, -0.1) is 0 Å². The van der Waals surface area contributed by atoms with E-state index in [1.807, 2.05) is 49.4 Å². The van der Waals surface area contributed by atoms with Crippen molar-refractivity contribution in [1.29, 1.82) is 0 Å². The maximum absolute atomic E-state index is 13.2. The van der Waals surface area contributed by atoms with Crippen molar-refractivity contribution in [2.24, 2.45) is 0 Å². The molecule has 0 aliphatic heterocycles. The van der Waals surface area contributed by atoms with Gasteiger partial charge in [0.05, 0.1) is 22.3 Å². The van der Waals surface area contributed by atoms with Crippen LogP contribution < -0.4 is 5.56 Å². The molecule has 2 heterocycles. The minimum absolute atomic E-state index is 0.116. The zero-order valence-corrected chi connectivity index (χ0v) is 16.8. The summed E-state index contributed by atoms with van der Waals surface area (Å²) in [5.74, 6) is 1.62. The van der Waals surface area contributed by atoms with Crippen LogP contribution in [0.4, 0.5) is 0 Å². The van der Waals surface area contributed by atoms with Crippen LogP contribution in [-0.2, 0) is 12.2 Å². The first-order chi connectivity index (χ1) is 13.2. The highest BCUT2D eigenvalue weighted by Crippen LogP contribution is 2.25. The summed E-state index contributed by atoms with van der Waals surface area (Å²) >= 11 is 4.82. The molecule has 0 bridgehead atoms. The predicted octanol–water partition coefficient (Wildman–Crippen LogP) is 4.39. The first-order valence-corrected chi connectivity index (χ1v) is 10.2. The Kier molecular flexibility index (Phi) is 5.09. The van der Waals surface area contributed by atoms with E-state index in [2.05, 4.69) is 26.1 Å². The van der Waals surface area contributed by atoms with Crippen molar-refractivity contribution in [2.45, 2.75) is 24.3 Å². The lowest BCUT2D eigenvalue weighted by Crippen LogP contribution is -2.21. The third-order valence-corrected chi connectivity index (χ3v) is 5.38. The van der Waals surface area contributed by atoms with Gasteiger partial charge in [-0.25, -0.2) is 4.98 Å². The van der Waals surface area contributed by atoms with Crippen molar-refractivity contribution >= 4 is 38.6 Å². The summed E-state index contributed by atoms with van der Waals surface area (Å²) in [5.41, 5.74) is 1.30. The molecule has 136 valence electrons. The highest BCUT2D eigenvalue weighted by molar-refractivity contribution is 9.10. The minimum atomic E-state index is -0.116. The van der Waals surface area contributed by atoms with E-state index in [-0.39, 0.29) is 5.56 Å². The van der Waals surface area contributed by atoms with Gasteiger partial charge in [0.25, 0.3) is 5.56 Å². The van der Waals surface area contributed by atoms with E-state index in [0.29, 0.717) is 39.9 Å². The fourth-order valence-corrected chi connectivity index (χ4v) is 3.87. The molecule has 2 aromatic heterocycles. The Morgan fingerprint density at radius 1 is 1.15 bits per heavy atom. The van der Waals surface area contributed by atoms with Crippen molar-refractivity contribution in [1.82, 2.24) is 19.7 Å². The summed E-state index contributed by atoms with van der Waals surface area (Å²) < 4.78 is 7.71. The lowest BCUT2D eigenvalue weighted by atomic mass is 10.2. The summed E-state index contributed by atoms with van der Waals surface area (Å²) in [7, 11) is 0. The zero-order valence-electron chi connectivity index (χ0n) is 14.4. The number of hydrogen-bond acceptors (Lipinski definition) is 6. The second kappa shape index (κ2) is 7.66. The van der Waals surface area contributed by atoms with Crippen LogP contribution >= 0.6 is 27.7 Å². The maximum Gasteiger partial charge on any atom is 0.266 e. The van der Waals surface area contributed by atoms with Crippen molar-refractivity contribution in [3.8, 4) is 5.69 Å². The summed E-state index contributed by atoms with van der Waals surface area (Å²) in [5, 5.41) is 5.05. The molecule has 0 saturated carbocycles. The number of rotatable bonds is 5. The topological polar surface area (TPSA) is 73.8 Å². The average Bonchev–Trinajstić information content (AvgIpc) is 3.16. The molecule has 0 fully saturated rings. The smallest absolute Gasteiger partial charge is 0.266 e. The fraction of sp³-hybridized carbons (Fsp3) is 0.158. The van der Waals surface area contributed by atoms with Gasteiger partial charge in [0.15, 0.2) is 11.0 Å². The predicted molar refractivity (Wildman–Crippen MR) is 108 cm³/mol. The number of benzene rings is 2. The molecule has 27 heavy (non-hydrogen) atoms. The summed E-state index contributed by atoms with van der Waals surface area (Å²) in [6.07, 6.45) is 0.714. The van der Waals surface area contributed by atoms with Crippen LogP contribution in [0.3, 0.4) is 0 Å². The van der Waals surface area contributed by atoms with Crippen LogP contribution in [0.5, 0.6) is 0 Å². The average molecular weight is 443 g/mol.